The number of aromatic nitrogens is 3. The summed E-state index contributed by atoms with van der Waals surface area (Å²) in [6.07, 6.45) is 3.30. The van der Waals surface area contributed by atoms with Gasteiger partial charge in [-0.2, -0.15) is 4.98 Å². The summed E-state index contributed by atoms with van der Waals surface area (Å²) < 4.78 is 1.50. The number of aryl methyl sites for hydroxylation is 1. The van der Waals surface area contributed by atoms with Crippen LogP contribution < -0.4 is 5.69 Å². The molecular formula is C15H17N3O3. The van der Waals surface area contributed by atoms with Gasteiger partial charge in [0.25, 0.3) is 0 Å². The normalized spacial score (nSPS) is 12.1. The van der Waals surface area contributed by atoms with E-state index < -0.39 is 11.9 Å². The largest absolute Gasteiger partial charge is 0.481 e. The standard InChI is InChI=1S/C15H17N3O3/c1-9(14(19)20)13-10(2)17-15(21)18(11(13)3)8-12-4-6-16-7-5-12/h4-7,9H,8H2,1-3H3,(H,19,20). The van der Waals surface area contributed by atoms with Gasteiger partial charge in [0.05, 0.1) is 12.5 Å². The first-order chi connectivity index (χ1) is 9.91. The van der Waals surface area contributed by atoms with Crippen LogP contribution in [0.4, 0.5) is 0 Å². The summed E-state index contributed by atoms with van der Waals surface area (Å²) in [4.78, 5) is 31.2. The van der Waals surface area contributed by atoms with Crippen LogP contribution >= 0.6 is 0 Å². The van der Waals surface area contributed by atoms with Gasteiger partial charge in [0.15, 0.2) is 0 Å². The van der Waals surface area contributed by atoms with Gasteiger partial charge in [0, 0.05) is 29.3 Å². The van der Waals surface area contributed by atoms with Crippen LogP contribution in [0.15, 0.2) is 29.3 Å². The zero-order valence-corrected chi connectivity index (χ0v) is 12.2. The third-order valence-electron chi connectivity index (χ3n) is 3.57. The summed E-state index contributed by atoms with van der Waals surface area (Å²) in [6.45, 7) is 5.37. The van der Waals surface area contributed by atoms with E-state index in [0.29, 0.717) is 23.5 Å². The minimum atomic E-state index is -0.933. The lowest BCUT2D eigenvalue weighted by atomic mass is 9.98. The fraction of sp³-hybridized carbons (Fsp3) is 0.333. The molecule has 1 atom stereocenters. The summed E-state index contributed by atoms with van der Waals surface area (Å²) in [6, 6.07) is 3.62. The quantitative estimate of drug-likeness (QED) is 0.921. The predicted molar refractivity (Wildman–Crippen MR) is 77.4 cm³/mol. The summed E-state index contributed by atoms with van der Waals surface area (Å²) >= 11 is 0. The van der Waals surface area contributed by atoms with Crippen molar-refractivity contribution in [3.8, 4) is 0 Å². The molecule has 21 heavy (non-hydrogen) atoms. The highest BCUT2D eigenvalue weighted by Gasteiger charge is 2.22. The number of aliphatic carboxylic acids is 1. The summed E-state index contributed by atoms with van der Waals surface area (Å²) in [7, 11) is 0. The Morgan fingerprint density at radius 3 is 2.52 bits per heavy atom. The van der Waals surface area contributed by atoms with E-state index in [4.69, 9.17) is 0 Å². The average molecular weight is 287 g/mol. The second-order valence-corrected chi connectivity index (χ2v) is 4.98. The van der Waals surface area contributed by atoms with Crippen LogP contribution in [0.5, 0.6) is 0 Å². The van der Waals surface area contributed by atoms with Gasteiger partial charge in [-0.3, -0.25) is 14.3 Å². The van der Waals surface area contributed by atoms with E-state index in [-0.39, 0.29) is 5.69 Å². The molecule has 110 valence electrons. The number of carboxylic acids is 1. The topological polar surface area (TPSA) is 85.1 Å². The SMILES string of the molecule is Cc1nc(=O)n(Cc2ccncc2)c(C)c1C(C)C(=O)O. The molecule has 0 aromatic carbocycles. The van der Waals surface area contributed by atoms with Crippen molar-refractivity contribution in [2.75, 3.05) is 0 Å². The van der Waals surface area contributed by atoms with E-state index >= 15 is 0 Å². The lowest BCUT2D eigenvalue weighted by molar-refractivity contribution is -0.138. The number of carboxylic acid groups (broad SMARTS) is 1. The molecule has 0 fully saturated rings. The molecule has 0 aliphatic carbocycles. The predicted octanol–water partition coefficient (Wildman–Crippen LogP) is 1.49. The van der Waals surface area contributed by atoms with E-state index in [1.807, 2.05) is 12.1 Å². The monoisotopic (exact) mass is 287 g/mol. The third kappa shape index (κ3) is 2.99. The van der Waals surface area contributed by atoms with Crippen molar-refractivity contribution in [3.63, 3.8) is 0 Å². The molecule has 2 rings (SSSR count). The molecule has 0 radical (unpaired) electrons. The maximum atomic E-state index is 12.1. The van der Waals surface area contributed by atoms with Crippen molar-refractivity contribution < 1.29 is 9.90 Å². The van der Waals surface area contributed by atoms with E-state index in [1.54, 1.807) is 33.2 Å². The highest BCUT2D eigenvalue weighted by molar-refractivity contribution is 5.76. The Labute approximate surface area is 122 Å². The van der Waals surface area contributed by atoms with E-state index in [2.05, 4.69) is 9.97 Å². The van der Waals surface area contributed by atoms with E-state index in [1.165, 1.54) is 4.57 Å². The van der Waals surface area contributed by atoms with Crippen molar-refractivity contribution in [3.05, 3.63) is 57.5 Å². The summed E-state index contributed by atoms with van der Waals surface area (Å²) in [5, 5.41) is 9.21. The zero-order chi connectivity index (χ0) is 15.6. The van der Waals surface area contributed by atoms with Crippen LogP contribution in [0.25, 0.3) is 0 Å². The van der Waals surface area contributed by atoms with Crippen molar-refractivity contribution >= 4 is 5.97 Å². The fourth-order valence-corrected chi connectivity index (χ4v) is 2.42. The smallest absolute Gasteiger partial charge is 0.348 e. The first kappa shape index (κ1) is 14.9. The Kier molecular flexibility index (Phi) is 4.16. The number of hydrogen-bond donors (Lipinski definition) is 1. The summed E-state index contributed by atoms with van der Waals surface area (Å²) in [5.74, 6) is -1.64. The highest BCUT2D eigenvalue weighted by Crippen LogP contribution is 2.21. The number of carbonyl (C=O) groups is 1. The van der Waals surface area contributed by atoms with Gasteiger partial charge in [-0.05, 0) is 38.5 Å². The minimum Gasteiger partial charge on any atom is -0.481 e. The number of pyridine rings is 1. The first-order valence-corrected chi connectivity index (χ1v) is 6.61. The molecule has 2 aromatic heterocycles. The lowest BCUT2D eigenvalue weighted by Crippen LogP contribution is -2.29. The van der Waals surface area contributed by atoms with Crippen LogP contribution in [0.2, 0.25) is 0 Å². The van der Waals surface area contributed by atoms with E-state index in [0.717, 1.165) is 5.56 Å². The van der Waals surface area contributed by atoms with Crippen LogP contribution in [-0.4, -0.2) is 25.6 Å². The molecule has 0 spiro atoms. The number of nitrogens with zero attached hydrogens (tertiary/aromatic N) is 3. The lowest BCUT2D eigenvalue weighted by Gasteiger charge is -2.18. The Morgan fingerprint density at radius 1 is 1.33 bits per heavy atom. The number of rotatable bonds is 4. The van der Waals surface area contributed by atoms with Crippen molar-refractivity contribution in [1.29, 1.82) is 0 Å². The van der Waals surface area contributed by atoms with Crippen molar-refractivity contribution in [2.24, 2.45) is 0 Å². The third-order valence-corrected chi connectivity index (χ3v) is 3.57. The first-order valence-electron chi connectivity index (χ1n) is 6.61. The van der Waals surface area contributed by atoms with Gasteiger partial charge in [-0.15, -0.1) is 0 Å². The molecule has 0 amide bonds. The minimum absolute atomic E-state index is 0.347. The highest BCUT2D eigenvalue weighted by atomic mass is 16.4. The summed E-state index contributed by atoms with van der Waals surface area (Å²) in [5.41, 5.74) is 2.24. The molecular weight excluding hydrogens is 270 g/mol. The molecule has 0 saturated heterocycles. The fourth-order valence-electron chi connectivity index (χ4n) is 2.42. The molecule has 0 aliphatic heterocycles. The molecule has 2 aromatic rings. The van der Waals surface area contributed by atoms with Crippen LogP contribution in [-0.2, 0) is 11.3 Å². The average Bonchev–Trinajstić information content (AvgIpc) is 2.44. The zero-order valence-electron chi connectivity index (χ0n) is 12.2. The molecule has 6 heteroatoms. The van der Waals surface area contributed by atoms with Crippen molar-refractivity contribution in [1.82, 2.24) is 14.5 Å². The second-order valence-electron chi connectivity index (χ2n) is 4.98. The van der Waals surface area contributed by atoms with Crippen LogP contribution in [0.1, 0.15) is 35.4 Å². The molecule has 1 unspecified atom stereocenters. The number of hydrogen-bond acceptors (Lipinski definition) is 4. The molecule has 0 bridgehead atoms. The van der Waals surface area contributed by atoms with Gasteiger partial charge in [-0.1, -0.05) is 0 Å². The Bertz CT molecular complexity index is 723. The second kappa shape index (κ2) is 5.87. The van der Waals surface area contributed by atoms with Crippen LogP contribution in [0.3, 0.4) is 0 Å². The molecule has 2 heterocycles. The van der Waals surface area contributed by atoms with Gasteiger partial charge in [0.2, 0.25) is 0 Å². The molecule has 1 N–H and O–H groups in total. The molecule has 0 saturated carbocycles. The van der Waals surface area contributed by atoms with Crippen molar-refractivity contribution in [2.45, 2.75) is 33.2 Å². The van der Waals surface area contributed by atoms with E-state index in [9.17, 15) is 14.7 Å². The maximum absolute atomic E-state index is 12.1. The van der Waals surface area contributed by atoms with Crippen LogP contribution in [0, 0.1) is 13.8 Å². The molecule has 6 nitrogen and oxygen atoms in total. The molecule has 0 aliphatic rings. The Balaban J connectivity index is 2.54. The Morgan fingerprint density at radius 2 is 1.95 bits per heavy atom. The van der Waals surface area contributed by atoms with Gasteiger partial charge >= 0.3 is 11.7 Å². The van der Waals surface area contributed by atoms with Gasteiger partial charge in [-0.25, -0.2) is 4.79 Å². The van der Waals surface area contributed by atoms with Gasteiger partial charge < -0.3 is 5.11 Å². The maximum Gasteiger partial charge on any atom is 0.348 e. The Hall–Kier alpha value is -2.50. The van der Waals surface area contributed by atoms with Gasteiger partial charge in [0.1, 0.15) is 0 Å².